The summed E-state index contributed by atoms with van der Waals surface area (Å²) >= 11 is 0. The quantitative estimate of drug-likeness (QED) is 0.522. The van der Waals surface area contributed by atoms with Crippen LogP contribution in [0.4, 0.5) is 33.7 Å². The van der Waals surface area contributed by atoms with Crippen LogP contribution in [-0.2, 0) is 20.7 Å². The SMILES string of the molecule is Cc1cc(CC(=O)N2CCN(c3c(F)cc(N4C[C@H](CCC(=O)C(F)F)OC4=O)cc3F)CCN2)on1. The Labute approximate surface area is 209 Å². The first kappa shape index (κ1) is 26.4. The van der Waals surface area contributed by atoms with Gasteiger partial charge in [-0.25, -0.2) is 27.8 Å². The summed E-state index contributed by atoms with van der Waals surface area (Å²) in [5.41, 5.74) is 3.17. The molecule has 1 aromatic heterocycles. The zero-order chi connectivity index (χ0) is 26.7. The number of nitrogens with zero attached hydrogens (tertiary/aromatic N) is 4. The molecule has 0 radical (unpaired) electrons. The second-order valence-corrected chi connectivity index (χ2v) is 8.73. The molecular formula is C23H25F4N5O5. The summed E-state index contributed by atoms with van der Waals surface area (Å²) in [5, 5.41) is 5.10. The predicted molar refractivity (Wildman–Crippen MR) is 121 cm³/mol. The van der Waals surface area contributed by atoms with Crippen LogP contribution < -0.4 is 15.2 Å². The molecular weight excluding hydrogens is 502 g/mol. The summed E-state index contributed by atoms with van der Waals surface area (Å²) in [7, 11) is 0. The number of aryl methyl sites for hydroxylation is 1. The van der Waals surface area contributed by atoms with Gasteiger partial charge in [0, 0.05) is 44.3 Å². The number of carbonyl (C=O) groups excluding carboxylic acids is 3. The van der Waals surface area contributed by atoms with E-state index in [4.69, 9.17) is 9.26 Å². The number of aromatic nitrogens is 1. The van der Waals surface area contributed by atoms with Crippen molar-refractivity contribution in [1.29, 1.82) is 0 Å². The molecule has 14 heteroatoms. The topological polar surface area (TPSA) is 108 Å². The normalized spacial score (nSPS) is 18.4. The molecule has 3 heterocycles. The number of benzene rings is 1. The fourth-order valence-electron chi connectivity index (χ4n) is 4.22. The summed E-state index contributed by atoms with van der Waals surface area (Å²) in [5.74, 6) is -2.99. The summed E-state index contributed by atoms with van der Waals surface area (Å²) < 4.78 is 65.1. The Balaban J connectivity index is 1.39. The van der Waals surface area contributed by atoms with Gasteiger partial charge >= 0.3 is 6.09 Å². The zero-order valence-electron chi connectivity index (χ0n) is 19.9. The molecule has 0 spiro atoms. The third kappa shape index (κ3) is 6.18. The molecule has 1 N–H and O–H groups in total. The third-order valence-electron chi connectivity index (χ3n) is 6.04. The van der Waals surface area contributed by atoms with Gasteiger partial charge < -0.3 is 14.2 Å². The second kappa shape index (κ2) is 11.2. The summed E-state index contributed by atoms with van der Waals surface area (Å²) in [6.45, 7) is 2.31. The number of amides is 2. The van der Waals surface area contributed by atoms with Crippen LogP contribution in [0.3, 0.4) is 0 Å². The van der Waals surface area contributed by atoms with E-state index in [0.717, 1.165) is 17.0 Å². The average Bonchev–Trinajstić information content (AvgIpc) is 3.32. The van der Waals surface area contributed by atoms with E-state index >= 15 is 8.78 Å². The Morgan fingerprint density at radius 2 is 1.89 bits per heavy atom. The highest BCUT2D eigenvalue weighted by Crippen LogP contribution is 2.32. The van der Waals surface area contributed by atoms with Gasteiger partial charge in [-0.1, -0.05) is 5.16 Å². The van der Waals surface area contributed by atoms with Gasteiger partial charge in [-0.3, -0.25) is 19.5 Å². The highest BCUT2D eigenvalue weighted by atomic mass is 19.3. The molecule has 0 unspecified atom stereocenters. The Morgan fingerprint density at radius 1 is 1.16 bits per heavy atom. The van der Waals surface area contributed by atoms with Crippen LogP contribution in [0.1, 0.15) is 24.3 Å². The lowest BCUT2D eigenvalue weighted by molar-refractivity contribution is -0.133. The minimum atomic E-state index is -3.11. The fraction of sp³-hybridized carbons (Fsp3) is 0.478. The molecule has 2 fully saturated rings. The van der Waals surface area contributed by atoms with Crippen LogP contribution in [0.25, 0.3) is 0 Å². The Morgan fingerprint density at radius 3 is 2.54 bits per heavy atom. The molecule has 2 saturated heterocycles. The number of anilines is 2. The molecule has 10 nitrogen and oxygen atoms in total. The molecule has 0 bridgehead atoms. The standard InChI is InChI=1S/C23H25F4N5O5/c1-13-8-16(37-29-13)11-20(34)32-7-6-30(5-4-28-32)21-17(24)9-14(10-18(21)25)31-12-15(36-23(31)35)2-3-19(33)22(26)27/h8-10,15,22,28H,2-7,11-12H2,1H3/t15-/m0/s1. The van der Waals surface area contributed by atoms with E-state index in [1.807, 2.05) is 0 Å². The van der Waals surface area contributed by atoms with Crippen molar-refractivity contribution in [3.05, 3.63) is 41.3 Å². The van der Waals surface area contributed by atoms with E-state index in [0.29, 0.717) is 11.5 Å². The molecule has 2 aliphatic heterocycles. The van der Waals surface area contributed by atoms with Crippen molar-refractivity contribution in [3.8, 4) is 0 Å². The smallest absolute Gasteiger partial charge is 0.414 e. The van der Waals surface area contributed by atoms with Gasteiger partial charge in [0.15, 0.2) is 17.4 Å². The molecule has 37 heavy (non-hydrogen) atoms. The van der Waals surface area contributed by atoms with Crippen molar-refractivity contribution in [2.75, 3.05) is 42.5 Å². The minimum Gasteiger partial charge on any atom is -0.444 e. The second-order valence-electron chi connectivity index (χ2n) is 8.73. The Kier molecular flexibility index (Phi) is 7.95. The molecule has 1 atom stereocenters. The molecule has 0 aliphatic carbocycles. The summed E-state index contributed by atoms with van der Waals surface area (Å²) in [6, 6.07) is 3.62. The zero-order valence-corrected chi connectivity index (χ0v) is 19.9. The predicted octanol–water partition coefficient (Wildman–Crippen LogP) is 2.60. The van der Waals surface area contributed by atoms with Crippen LogP contribution in [0.5, 0.6) is 0 Å². The minimum absolute atomic E-state index is 0.0194. The maximum absolute atomic E-state index is 15.1. The number of Topliss-reactive ketones (excluding diaryl/α,β-unsaturated/α-hetero) is 1. The number of hydrogen-bond donors (Lipinski definition) is 1. The van der Waals surface area contributed by atoms with Gasteiger partial charge in [0.2, 0.25) is 5.91 Å². The molecule has 0 saturated carbocycles. The number of alkyl halides is 2. The number of hydrogen-bond acceptors (Lipinski definition) is 8. The van der Waals surface area contributed by atoms with Gasteiger partial charge in [-0.15, -0.1) is 0 Å². The van der Waals surface area contributed by atoms with Crippen LogP contribution in [0.2, 0.25) is 0 Å². The van der Waals surface area contributed by atoms with E-state index in [1.54, 1.807) is 13.0 Å². The summed E-state index contributed by atoms with van der Waals surface area (Å²) in [6.07, 6.45) is -5.49. The van der Waals surface area contributed by atoms with E-state index in [-0.39, 0.29) is 62.8 Å². The van der Waals surface area contributed by atoms with Crippen molar-refractivity contribution >= 4 is 29.2 Å². The highest BCUT2D eigenvalue weighted by Gasteiger charge is 2.34. The Hall–Kier alpha value is -3.68. The third-order valence-corrected chi connectivity index (χ3v) is 6.04. The maximum atomic E-state index is 15.1. The first-order valence-corrected chi connectivity index (χ1v) is 11.6. The number of carbonyl (C=O) groups is 3. The van der Waals surface area contributed by atoms with Crippen molar-refractivity contribution in [3.63, 3.8) is 0 Å². The molecule has 1 aromatic carbocycles. The number of ether oxygens (including phenoxy) is 1. The number of ketones is 1. The van der Waals surface area contributed by atoms with Gasteiger partial charge in [0.1, 0.15) is 17.6 Å². The van der Waals surface area contributed by atoms with Crippen LogP contribution in [-0.4, -0.2) is 73.2 Å². The van der Waals surface area contributed by atoms with E-state index in [1.165, 1.54) is 9.91 Å². The van der Waals surface area contributed by atoms with Crippen molar-refractivity contribution < 1.29 is 41.2 Å². The lowest BCUT2D eigenvalue weighted by atomic mass is 10.1. The highest BCUT2D eigenvalue weighted by molar-refractivity contribution is 5.90. The molecule has 2 aromatic rings. The molecule has 200 valence electrons. The first-order valence-electron chi connectivity index (χ1n) is 11.6. The number of cyclic esters (lactones) is 1. The van der Waals surface area contributed by atoms with Crippen molar-refractivity contribution in [1.82, 2.24) is 15.6 Å². The van der Waals surface area contributed by atoms with Gasteiger partial charge in [-0.2, -0.15) is 0 Å². The number of hydrazine groups is 1. The first-order chi connectivity index (χ1) is 17.6. The van der Waals surface area contributed by atoms with E-state index in [2.05, 4.69) is 10.6 Å². The van der Waals surface area contributed by atoms with Crippen LogP contribution in [0.15, 0.2) is 22.7 Å². The van der Waals surface area contributed by atoms with Crippen LogP contribution in [0, 0.1) is 18.6 Å². The van der Waals surface area contributed by atoms with Crippen LogP contribution >= 0.6 is 0 Å². The Bertz CT molecular complexity index is 1150. The number of nitrogens with one attached hydrogen (secondary N) is 1. The molecule has 2 aliphatic rings. The molecule has 2 amide bonds. The lowest BCUT2D eigenvalue weighted by Gasteiger charge is -2.25. The van der Waals surface area contributed by atoms with Crippen molar-refractivity contribution in [2.24, 2.45) is 0 Å². The van der Waals surface area contributed by atoms with Gasteiger partial charge in [0.25, 0.3) is 6.43 Å². The van der Waals surface area contributed by atoms with Gasteiger partial charge in [0.05, 0.1) is 30.9 Å². The monoisotopic (exact) mass is 527 g/mol. The maximum Gasteiger partial charge on any atom is 0.414 e. The fourth-order valence-corrected chi connectivity index (χ4v) is 4.22. The lowest BCUT2D eigenvalue weighted by Crippen LogP contribution is -2.44. The largest absolute Gasteiger partial charge is 0.444 e. The van der Waals surface area contributed by atoms with Crippen molar-refractivity contribution in [2.45, 2.75) is 38.7 Å². The van der Waals surface area contributed by atoms with Gasteiger partial charge in [-0.05, 0) is 13.3 Å². The number of halogens is 4. The number of rotatable bonds is 8. The molecule has 4 rings (SSSR count). The average molecular weight is 527 g/mol. The summed E-state index contributed by atoms with van der Waals surface area (Å²) in [4.78, 5) is 38.4. The van der Waals surface area contributed by atoms with E-state index in [9.17, 15) is 23.2 Å². The van der Waals surface area contributed by atoms with E-state index < -0.39 is 42.5 Å².